The molecule has 1 N–H and O–H groups in total. The van der Waals surface area contributed by atoms with Gasteiger partial charge in [-0.05, 0) is 36.4 Å². The van der Waals surface area contributed by atoms with Gasteiger partial charge in [0.2, 0.25) is 12.0 Å². The highest BCUT2D eigenvalue weighted by Gasteiger charge is 2.26. The van der Waals surface area contributed by atoms with E-state index in [1.54, 1.807) is 55.1 Å². The van der Waals surface area contributed by atoms with E-state index in [2.05, 4.69) is 20.6 Å². The van der Waals surface area contributed by atoms with E-state index < -0.39 is 6.10 Å². The summed E-state index contributed by atoms with van der Waals surface area (Å²) in [5, 5.41) is 15.7. The molecule has 2 aromatic carbocycles. The van der Waals surface area contributed by atoms with E-state index in [0.717, 1.165) is 5.56 Å². The van der Waals surface area contributed by atoms with Crippen LogP contribution in [-0.2, 0) is 4.79 Å². The number of nitrogens with zero attached hydrogens (tertiary/aromatic N) is 4. The molecule has 1 aliphatic heterocycles. The van der Waals surface area contributed by atoms with E-state index >= 15 is 0 Å². The zero-order valence-corrected chi connectivity index (χ0v) is 19.1. The quantitative estimate of drug-likeness (QED) is 0.381. The smallest absolute Gasteiger partial charge is 0.264 e. The highest BCUT2D eigenvalue weighted by atomic mass is 16.6. The predicted octanol–water partition coefficient (Wildman–Crippen LogP) is 2.14. The summed E-state index contributed by atoms with van der Waals surface area (Å²) in [7, 11) is 3.14. The second kappa shape index (κ2) is 9.75. The van der Waals surface area contributed by atoms with Crippen molar-refractivity contribution in [1.29, 1.82) is 0 Å². The molecule has 0 spiro atoms. The Morgan fingerprint density at radius 3 is 2.71 bits per heavy atom. The number of carbonyl (C=O) groups excluding carboxylic acids is 1. The van der Waals surface area contributed by atoms with E-state index in [-0.39, 0.29) is 25.7 Å². The molecule has 0 bridgehead atoms. The fraction of sp³-hybridized carbons (Fsp3) is 0.250. The average Bonchev–Trinajstić information content (AvgIpc) is 3.33. The summed E-state index contributed by atoms with van der Waals surface area (Å²) in [6.45, 7) is 0.626. The molecule has 0 radical (unpaired) electrons. The number of hydrogen-bond donors (Lipinski definition) is 1. The highest BCUT2D eigenvalue weighted by molar-refractivity contribution is 5.81. The lowest BCUT2D eigenvalue weighted by atomic mass is 10.2. The molecule has 5 rings (SSSR count). The fourth-order valence-corrected chi connectivity index (χ4v) is 3.60. The average molecular weight is 477 g/mol. The van der Waals surface area contributed by atoms with Gasteiger partial charge in [-0.25, -0.2) is 0 Å². The molecule has 35 heavy (non-hydrogen) atoms. The molecular formula is C24H23N5O6. The molecule has 3 heterocycles. The molecule has 1 atom stereocenters. The first-order chi connectivity index (χ1) is 17.2. The van der Waals surface area contributed by atoms with Gasteiger partial charge >= 0.3 is 0 Å². The molecule has 2 aromatic heterocycles. The third-order valence-corrected chi connectivity index (χ3v) is 5.33. The minimum Gasteiger partial charge on any atom is -0.493 e. The summed E-state index contributed by atoms with van der Waals surface area (Å²) in [5.74, 6) is 2.96. The van der Waals surface area contributed by atoms with Crippen LogP contribution in [0.15, 0.2) is 54.6 Å². The number of fused-ring (bicyclic) bond motifs is 2. The molecule has 0 saturated carbocycles. The Balaban J connectivity index is 1.20. The third kappa shape index (κ3) is 4.60. The van der Waals surface area contributed by atoms with Crippen molar-refractivity contribution in [2.24, 2.45) is 0 Å². The fourth-order valence-electron chi connectivity index (χ4n) is 3.60. The normalized spacial score (nSPS) is 14.4. The van der Waals surface area contributed by atoms with Gasteiger partial charge in [-0.1, -0.05) is 12.1 Å². The van der Waals surface area contributed by atoms with Gasteiger partial charge in [-0.2, -0.15) is 4.52 Å². The van der Waals surface area contributed by atoms with Gasteiger partial charge in [-0.3, -0.25) is 4.79 Å². The van der Waals surface area contributed by atoms with Crippen LogP contribution in [0.4, 0.5) is 0 Å². The lowest BCUT2D eigenvalue weighted by Crippen LogP contribution is -2.45. The molecule has 0 saturated heterocycles. The van der Waals surface area contributed by atoms with Crippen molar-refractivity contribution in [2.75, 3.05) is 34.0 Å². The van der Waals surface area contributed by atoms with Crippen LogP contribution in [-0.4, -0.2) is 65.8 Å². The second-order valence-electron chi connectivity index (χ2n) is 7.54. The van der Waals surface area contributed by atoms with Crippen LogP contribution in [0.1, 0.15) is 0 Å². The molecule has 4 aromatic rings. The largest absolute Gasteiger partial charge is 0.493 e. The maximum Gasteiger partial charge on any atom is 0.264 e. The van der Waals surface area contributed by atoms with Gasteiger partial charge in [0.1, 0.15) is 13.2 Å². The molecule has 1 amide bonds. The standard InChI is InChI=1S/C24H23N5O6/c1-31-16-8-7-15(13-19(16)32-2)23-27-26-21-9-10-22(28-29(21)23)33-12-11-25-24(30)20-14-34-17-5-3-4-6-18(17)35-20/h3-10,13,20H,11-12,14H2,1-2H3,(H,25,30). The summed E-state index contributed by atoms with van der Waals surface area (Å²) in [6, 6.07) is 16.1. The SMILES string of the molecule is COc1ccc(-c2nnc3ccc(OCCNC(=O)C4COc5ccccc5O4)nn23)cc1OC. The minimum atomic E-state index is -0.722. The first kappa shape index (κ1) is 22.3. The molecule has 11 nitrogen and oxygen atoms in total. The van der Waals surface area contributed by atoms with E-state index in [1.807, 2.05) is 18.2 Å². The number of hydrogen-bond acceptors (Lipinski definition) is 9. The first-order valence-electron chi connectivity index (χ1n) is 10.9. The first-order valence-corrected chi connectivity index (χ1v) is 10.9. The van der Waals surface area contributed by atoms with Gasteiger partial charge in [0.25, 0.3) is 5.91 Å². The molecule has 0 fully saturated rings. The summed E-state index contributed by atoms with van der Waals surface area (Å²) >= 11 is 0. The zero-order valence-electron chi connectivity index (χ0n) is 19.1. The minimum absolute atomic E-state index is 0.147. The Hall–Kier alpha value is -4.54. The van der Waals surface area contributed by atoms with E-state index in [4.69, 9.17) is 23.7 Å². The van der Waals surface area contributed by atoms with Crippen LogP contribution in [0, 0.1) is 0 Å². The number of aromatic nitrogens is 4. The summed E-state index contributed by atoms with van der Waals surface area (Å²) in [4.78, 5) is 12.4. The maximum atomic E-state index is 12.4. The van der Waals surface area contributed by atoms with Crippen molar-refractivity contribution in [3.63, 3.8) is 0 Å². The van der Waals surface area contributed by atoms with E-state index in [1.165, 1.54) is 0 Å². The Morgan fingerprint density at radius 2 is 1.89 bits per heavy atom. The Kier molecular flexibility index (Phi) is 6.20. The van der Waals surface area contributed by atoms with Gasteiger partial charge in [-0.15, -0.1) is 15.3 Å². The van der Waals surface area contributed by atoms with Crippen molar-refractivity contribution in [2.45, 2.75) is 6.10 Å². The van der Waals surface area contributed by atoms with Crippen LogP contribution in [0.3, 0.4) is 0 Å². The van der Waals surface area contributed by atoms with Gasteiger partial charge in [0.15, 0.2) is 34.5 Å². The van der Waals surface area contributed by atoms with Crippen molar-refractivity contribution in [3.05, 3.63) is 54.6 Å². The van der Waals surface area contributed by atoms with Crippen LogP contribution in [0.5, 0.6) is 28.9 Å². The molecule has 11 heteroatoms. The molecule has 0 aliphatic carbocycles. The zero-order chi connectivity index (χ0) is 24.2. The lowest BCUT2D eigenvalue weighted by Gasteiger charge is -2.25. The highest BCUT2D eigenvalue weighted by Crippen LogP contribution is 2.32. The Bertz CT molecular complexity index is 1360. The third-order valence-electron chi connectivity index (χ3n) is 5.33. The Labute approximate surface area is 200 Å². The topological polar surface area (TPSA) is 118 Å². The number of nitrogens with one attached hydrogen (secondary N) is 1. The van der Waals surface area contributed by atoms with Gasteiger partial charge < -0.3 is 29.0 Å². The Morgan fingerprint density at radius 1 is 1.06 bits per heavy atom. The number of para-hydroxylation sites is 2. The molecule has 180 valence electrons. The number of amides is 1. The van der Waals surface area contributed by atoms with Gasteiger partial charge in [0.05, 0.1) is 20.8 Å². The number of carbonyl (C=O) groups is 1. The second-order valence-corrected chi connectivity index (χ2v) is 7.54. The van der Waals surface area contributed by atoms with Crippen LogP contribution in [0.25, 0.3) is 17.0 Å². The van der Waals surface area contributed by atoms with Crippen molar-refractivity contribution in [1.82, 2.24) is 25.1 Å². The number of methoxy groups -OCH3 is 2. The van der Waals surface area contributed by atoms with Crippen LogP contribution in [0.2, 0.25) is 0 Å². The lowest BCUT2D eigenvalue weighted by molar-refractivity contribution is -0.130. The van der Waals surface area contributed by atoms with Gasteiger partial charge in [0, 0.05) is 11.6 Å². The van der Waals surface area contributed by atoms with E-state index in [9.17, 15) is 4.79 Å². The maximum absolute atomic E-state index is 12.4. The summed E-state index contributed by atoms with van der Waals surface area (Å²) in [5.41, 5.74) is 1.31. The van der Waals surface area contributed by atoms with Crippen molar-refractivity contribution >= 4 is 11.6 Å². The van der Waals surface area contributed by atoms with E-state index in [0.29, 0.717) is 40.3 Å². The monoisotopic (exact) mass is 477 g/mol. The summed E-state index contributed by atoms with van der Waals surface area (Å²) < 4.78 is 29.3. The van der Waals surface area contributed by atoms with Crippen molar-refractivity contribution < 1.29 is 28.5 Å². The predicted molar refractivity (Wildman–Crippen MR) is 124 cm³/mol. The number of benzene rings is 2. The summed E-state index contributed by atoms with van der Waals surface area (Å²) in [6.07, 6.45) is -0.722. The van der Waals surface area contributed by atoms with Crippen molar-refractivity contribution in [3.8, 4) is 40.3 Å². The van der Waals surface area contributed by atoms with Crippen LogP contribution >= 0.6 is 0 Å². The van der Waals surface area contributed by atoms with Crippen LogP contribution < -0.4 is 29.0 Å². The number of ether oxygens (including phenoxy) is 5. The molecule has 1 unspecified atom stereocenters. The number of rotatable bonds is 8. The molecule has 1 aliphatic rings. The molecular weight excluding hydrogens is 454 g/mol.